The van der Waals surface area contributed by atoms with Gasteiger partial charge in [0.25, 0.3) is 0 Å². The molecule has 1 aliphatic heterocycles. The van der Waals surface area contributed by atoms with Crippen molar-refractivity contribution in [3.8, 4) is 0 Å². The molecule has 1 heterocycles. The minimum Gasteiger partial charge on any atom is -0.395 e. The molecule has 0 bridgehead atoms. The molecule has 1 aromatic carbocycles. The summed E-state index contributed by atoms with van der Waals surface area (Å²) in [6, 6.07) is 6.56. The van der Waals surface area contributed by atoms with Crippen LogP contribution in [0.25, 0.3) is 0 Å². The summed E-state index contributed by atoms with van der Waals surface area (Å²) >= 11 is 0. The second-order valence-electron chi connectivity index (χ2n) is 5.01. The van der Waals surface area contributed by atoms with Gasteiger partial charge in [-0.3, -0.25) is 0 Å². The molecule has 1 fully saturated rings. The van der Waals surface area contributed by atoms with E-state index in [0.29, 0.717) is 0 Å². The third-order valence-electron chi connectivity index (χ3n) is 3.83. The number of nitrogens with one attached hydrogen (secondary N) is 1. The van der Waals surface area contributed by atoms with Crippen molar-refractivity contribution in [2.24, 2.45) is 0 Å². The Balaban J connectivity index is 2.42. The summed E-state index contributed by atoms with van der Waals surface area (Å²) < 4.78 is 0. The number of hydrogen-bond acceptors (Lipinski definition) is 2. The molecule has 2 heteroatoms. The highest BCUT2D eigenvalue weighted by Gasteiger charge is 2.34. The molecule has 16 heavy (non-hydrogen) atoms. The maximum absolute atomic E-state index is 9.78. The van der Waals surface area contributed by atoms with Gasteiger partial charge >= 0.3 is 0 Å². The lowest BCUT2D eigenvalue weighted by Crippen LogP contribution is -2.42. The van der Waals surface area contributed by atoms with Crippen molar-refractivity contribution >= 4 is 0 Å². The summed E-state index contributed by atoms with van der Waals surface area (Å²) in [6.07, 6.45) is 2.07. The quantitative estimate of drug-likeness (QED) is 0.796. The number of aryl methyl sites for hydroxylation is 2. The molecule has 0 aromatic heterocycles. The molecule has 0 unspecified atom stereocenters. The van der Waals surface area contributed by atoms with Crippen molar-refractivity contribution in [1.82, 2.24) is 5.32 Å². The number of rotatable bonds is 2. The number of aliphatic hydroxyl groups excluding tert-OH is 1. The average molecular weight is 219 g/mol. The van der Waals surface area contributed by atoms with Gasteiger partial charge in [-0.15, -0.1) is 0 Å². The molecule has 0 aliphatic carbocycles. The van der Waals surface area contributed by atoms with Gasteiger partial charge in [0, 0.05) is 5.41 Å². The number of benzene rings is 1. The Morgan fingerprint density at radius 2 is 1.94 bits per heavy atom. The zero-order chi connectivity index (χ0) is 11.6. The molecule has 1 aliphatic rings. The van der Waals surface area contributed by atoms with Crippen LogP contribution in [0.3, 0.4) is 0 Å². The Labute approximate surface area is 97.7 Å². The van der Waals surface area contributed by atoms with E-state index in [9.17, 15) is 5.11 Å². The van der Waals surface area contributed by atoms with Crippen LogP contribution in [0.4, 0.5) is 0 Å². The van der Waals surface area contributed by atoms with Crippen LogP contribution in [0.5, 0.6) is 0 Å². The van der Waals surface area contributed by atoms with Gasteiger partial charge in [-0.1, -0.05) is 23.8 Å². The van der Waals surface area contributed by atoms with Gasteiger partial charge in [-0.05, 0) is 50.9 Å². The Hall–Kier alpha value is -0.860. The van der Waals surface area contributed by atoms with Crippen molar-refractivity contribution in [2.45, 2.75) is 32.1 Å². The summed E-state index contributed by atoms with van der Waals surface area (Å²) in [4.78, 5) is 0. The zero-order valence-electron chi connectivity index (χ0n) is 10.2. The lowest BCUT2D eigenvalue weighted by molar-refractivity contribution is 0.157. The van der Waals surface area contributed by atoms with Gasteiger partial charge in [0.2, 0.25) is 0 Å². The molecular formula is C14H21NO. The van der Waals surface area contributed by atoms with Gasteiger partial charge < -0.3 is 10.4 Å². The van der Waals surface area contributed by atoms with Crippen molar-refractivity contribution in [3.63, 3.8) is 0 Å². The highest BCUT2D eigenvalue weighted by molar-refractivity contribution is 5.37. The molecule has 0 saturated carbocycles. The van der Waals surface area contributed by atoms with Crippen LogP contribution in [0.15, 0.2) is 18.2 Å². The van der Waals surface area contributed by atoms with Crippen molar-refractivity contribution in [3.05, 3.63) is 34.9 Å². The van der Waals surface area contributed by atoms with Gasteiger partial charge in [0.05, 0.1) is 6.61 Å². The Morgan fingerprint density at radius 3 is 2.56 bits per heavy atom. The van der Waals surface area contributed by atoms with E-state index in [2.05, 4.69) is 37.4 Å². The van der Waals surface area contributed by atoms with E-state index in [-0.39, 0.29) is 12.0 Å². The molecule has 0 atom stereocenters. The van der Waals surface area contributed by atoms with E-state index in [1.165, 1.54) is 16.7 Å². The molecule has 88 valence electrons. The normalized spacial score (nSPS) is 19.7. The summed E-state index contributed by atoms with van der Waals surface area (Å²) in [7, 11) is 0. The van der Waals surface area contributed by atoms with Crippen molar-refractivity contribution in [2.75, 3.05) is 19.7 Å². The SMILES string of the molecule is Cc1ccc(C)c(C2(CO)CCNCC2)c1. The first-order chi connectivity index (χ1) is 7.68. The smallest absolute Gasteiger partial charge is 0.0529 e. The highest BCUT2D eigenvalue weighted by atomic mass is 16.3. The van der Waals surface area contributed by atoms with Crippen molar-refractivity contribution in [1.29, 1.82) is 0 Å². The minimum atomic E-state index is -0.0125. The third-order valence-corrected chi connectivity index (χ3v) is 3.83. The van der Waals surface area contributed by atoms with Gasteiger partial charge in [-0.25, -0.2) is 0 Å². The maximum atomic E-state index is 9.78. The second kappa shape index (κ2) is 4.56. The highest BCUT2D eigenvalue weighted by Crippen LogP contribution is 2.35. The summed E-state index contributed by atoms with van der Waals surface area (Å²) in [6.45, 7) is 6.55. The summed E-state index contributed by atoms with van der Waals surface area (Å²) in [5, 5.41) is 13.1. The minimum absolute atomic E-state index is 0.0125. The Bertz CT molecular complexity index is 367. The first-order valence-electron chi connectivity index (χ1n) is 6.07. The Morgan fingerprint density at radius 1 is 1.25 bits per heavy atom. The van der Waals surface area contributed by atoms with Crippen molar-refractivity contribution < 1.29 is 5.11 Å². The van der Waals surface area contributed by atoms with Gasteiger partial charge in [-0.2, -0.15) is 0 Å². The molecular weight excluding hydrogens is 198 g/mol. The number of aliphatic hydroxyl groups is 1. The molecule has 0 radical (unpaired) electrons. The molecule has 1 saturated heterocycles. The number of hydrogen-bond donors (Lipinski definition) is 2. The lowest BCUT2D eigenvalue weighted by Gasteiger charge is -2.37. The topological polar surface area (TPSA) is 32.3 Å². The van der Waals surface area contributed by atoms with Crippen LogP contribution in [0.2, 0.25) is 0 Å². The summed E-state index contributed by atoms with van der Waals surface area (Å²) in [5.41, 5.74) is 3.92. The van der Waals surface area contributed by atoms with Gasteiger partial charge in [0.15, 0.2) is 0 Å². The van der Waals surface area contributed by atoms with Crippen LogP contribution in [-0.2, 0) is 5.41 Å². The molecule has 2 nitrogen and oxygen atoms in total. The first-order valence-corrected chi connectivity index (χ1v) is 6.07. The lowest BCUT2D eigenvalue weighted by atomic mass is 9.72. The first kappa shape index (κ1) is 11.6. The van der Waals surface area contributed by atoms with E-state index in [1.807, 2.05) is 0 Å². The second-order valence-corrected chi connectivity index (χ2v) is 5.01. The molecule has 2 N–H and O–H groups in total. The van der Waals surface area contributed by atoms with Crippen LogP contribution < -0.4 is 5.32 Å². The van der Waals surface area contributed by atoms with Crippen LogP contribution in [-0.4, -0.2) is 24.8 Å². The predicted octanol–water partition coefficient (Wildman–Crippen LogP) is 1.92. The number of piperidine rings is 1. The molecule has 1 aromatic rings. The third kappa shape index (κ3) is 2.00. The average Bonchev–Trinajstić information content (AvgIpc) is 2.33. The zero-order valence-corrected chi connectivity index (χ0v) is 10.2. The van der Waals surface area contributed by atoms with Crippen LogP contribution in [0.1, 0.15) is 29.5 Å². The standard InChI is InChI=1S/C14H21NO/c1-11-3-4-12(2)13(9-11)14(10-16)5-7-15-8-6-14/h3-4,9,15-16H,5-8,10H2,1-2H3. The Kier molecular flexibility index (Phi) is 3.31. The fourth-order valence-corrected chi connectivity index (χ4v) is 2.73. The van der Waals surface area contributed by atoms with E-state index >= 15 is 0 Å². The largest absolute Gasteiger partial charge is 0.395 e. The molecule has 2 rings (SSSR count). The summed E-state index contributed by atoms with van der Waals surface area (Å²) in [5.74, 6) is 0. The monoisotopic (exact) mass is 219 g/mol. The maximum Gasteiger partial charge on any atom is 0.0529 e. The van der Waals surface area contributed by atoms with Crippen LogP contribution >= 0.6 is 0 Å². The molecule has 0 spiro atoms. The van der Waals surface area contributed by atoms with E-state index in [4.69, 9.17) is 0 Å². The van der Waals surface area contributed by atoms with Gasteiger partial charge in [0.1, 0.15) is 0 Å². The van der Waals surface area contributed by atoms with E-state index in [0.717, 1.165) is 25.9 Å². The molecule has 0 amide bonds. The van der Waals surface area contributed by atoms with E-state index in [1.54, 1.807) is 0 Å². The predicted molar refractivity (Wildman–Crippen MR) is 66.8 cm³/mol. The fraction of sp³-hybridized carbons (Fsp3) is 0.571. The van der Waals surface area contributed by atoms with E-state index < -0.39 is 0 Å². The fourth-order valence-electron chi connectivity index (χ4n) is 2.73. The van der Waals surface area contributed by atoms with Crippen LogP contribution in [0, 0.1) is 13.8 Å².